The summed E-state index contributed by atoms with van der Waals surface area (Å²) in [5.41, 5.74) is 3.37. The van der Waals surface area contributed by atoms with Gasteiger partial charge in [-0.2, -0.15) is 0 Å². The summed E-state index contributed by atoms with van der Waals surface area (Å²) in [7, 11) is 0. The van der Waals surface area contributed by atoms with Gasteiger partial charge in [0, 0.05) is 16.1 Å². The van der Waals surface area contributed by atoms with Gasteiger partial charge in [-0.25, -0.2) is 4.39 Å². The Morgan fingerprint density at radius 3 is 2.32 bits per heavy atom. The number of halogens is 2. The first kappa shape index (κ1) is 14.0. The number of rotatable bonds is 2. The van der Waals surface area contributed by atoms with Crippen LogP contribution in [0.25, 0.3) is 0 Å². The zero-order valence-electron chi connectivity index (χ0n) is 11.2. The molecule has 1 N–H and O–H groups in total. The molecule has 2 aromatic carbocycles. The average molecular weight is 279 g/mol. The Kier molecular flexibility index (Phi) is 3.93. The molecule has 0 amide bonds. The minimum Gasteiger partial charge on any atom is -0.383 e. The van der Waals surface area contributed by atoms with Crippen molar-refractivity contribution in [1.29, 1.82) is 0 Å². The summed E-state index contributed by atoms with van der Waals surface area (Å²) < 4.78 is 14.0. The molecular formula is C16H16ClFO. The molecule has 0 saturated carbocycles. The highest BCUT2D eigenvalue weighted by molar-refractivity contribution is 6.31. The SMILES string of the molecule is Cc1cc(Cl)c(C(O)c2cccc(C)c2F)cc1C. The minimum absolute atomic E-state index is 0.255. The summed E-state index contributed by atoms with van der Waals surface area (Å²) in [6.07, 6.45) is -1.05. The molecule has 0 aliphatic carbocycles. The van der Waals surface area contributed by atoms with Crippen molar-refractivity contribution in [3.05, 3.63) is 69.0 Å². The topological polar surface area (TPSA) is 20.2 Å². The molecule has 2 aromatic rings. The van der Waals surface area contributed by atoms with Crippen LogP contribution in [0.2, 0.25) is 5.02 Å². The number of hydrogen-bond donors (Lipinski definition) is 1. The quantitative estimate of drug-likeness (QED) is 0.858. The number of aliphatic hydroxyl groups is 1. The molecule has 0 heterocycles. The van der Waals surface area contributed by atoms with Gasteiger partial charge in [-0.3, -0.25) is 0 Å². The third-order valence-electron chi connectivity index (χ3n) is 3.42. The van der Waals surface area contributed by atoms with Crippen LogP contribution in [-0.2, 0) is 0 Å². The highest BCUT2D eigenvalue weighted by Crippen LogP contribution is 2.32. The van der Waals surface area contributed by atoms with E-state index in [9.17, 15) is 9.50 Å². The molecule has 19 heavy (non-hydrogen) atoms. The Bertz CT molecular complexity index is 622. The van der Waals surface area contributed by atoms with Crippen LogP contribution >= 0.6 is 11.6 Å². The maximum atomic E-state index is 14.0. The number of aryl methyl sites for hydroxylation is 3. The summed E-state index contributed by atoms with van der Waals surface area (Å²) in [4.78, 5) is 0. The fraction of sp³-hybridized carbons (Fsp3) is 0.250. The summed E-state index contributed by atoms with van der Waals surface area (Å²) in [6, 6.07) is 8.59. The van der Waals surface area contributed by atoms with Gasteiger partial charge < -0.3 is 5.11 Å². The summed E-state index contributed by atoms with van der Waals surface area (Å²) in [5.74, 6) is -0.385. The molecule has 0 aromatic heterocycles. The number of hydrogen-bond acceptors (Lipinski definition) is 1. The van der Waals surface area contributed by atoms with E-state index in [4.69, 9.17) is 11.6 Å². The van der Waals surface area contributed by atoms with E-state index in [0.29, 0.717) is 16.1 Å². The second kappa shape index (κ2) is 5.32. The van der Waals surface area contributed by atoms with E-state index in [-0.39, 0.29) is 11.4 Å². The molecule has 100 valence electrons. The molecule has 1 nitrogen and oxygen atoms in total. The fourth-order valence-corrected chi connectivity index (χ4v) is 2.38. The van der Waals surface area contributed by atoms with Crippen LogP contribution in [0, 0.1) is 26.6 Å². The van der Waals surface area contributed by atoms with Crippen molar-refractivity contribution in [3.63, 3.8) is 0 Å². The normalized spacial score (nSPS) is 12.5. The molecule has 0 fully saturated rings. The van der Waals surface area contributed by atoms with Gasteiger partial charge in [-0.1, -0.05) is 35.9 Å². The molecule has 3 heteroatoms. The second-order valence-corrected chi connectivity index (χ2v) is 5.25. The van der Waals surface area contributed by atoms with Crippen LogP contribution in [-0.4, -0.2) is 5.11 Å². The van der Waals surface area contributed by atoms with E-state index in [1.165, 1.54) is 0 Å². The van der Waals surface area contributed by atoms with Gasteiger partial charge in [0.1, 0.15) is 11.9 Å². The Labute approximate surface area is 117 Å². The van der Waals surface area contributed by atoms with E-state index in [2.05, 4.69) is 0 Å². The Morgan fingerprint density at radius 1 is 1.00 bits per heavy atom. The van der Waals surface area contributed by atoms with E-state index >= 15 is 0 Å². The summed E-state index contributed by atoms with van der Waals surface area (Å²) >= 11 is 6.16. The predicted molar refractivity (Wildman–Crippen MR) is 76.1 cm³/mol. The van der Waals surface area contributed by atoms with E-state index in [1.54, 1.807) is 31.2 Å². The van der Waals surface area contributed by atoms with Crippen molar-refractivity contribution in [2.75, 3.05) is 0 Å². The molecule has 0 radical (unpaired) electrons. The monoisotopic (exact) mass is 278 g/mol. The molecule has 1 atom stereocenters. The highest BCUT2D eigenvalue weighted by atomic mass is 35.5. The van der Waals surface area contributed by atoms with Crippen LogP contribution in [0.5, 0.6) is 0 Å². The third kappa shape index (κ3) is 2.65. The molecule has 0 spiro atoms. The minimum atomic E-state index is -1.05. The molecule has 0 aliphatic heterocycles. The van der Waals surface area contributed by atoms with Crippen LogP contribution < -0.4 is 0 Å². The summed E-state index contributed by atoms with van der Waals surface area (Å²) in [6.45, 7) is 5.56. The van der Waals surface area contributed by atoms with Gasteiger partial charge >= 0.3 is 0 Å². The zero-order valence-corrected chi connectivity index (χ0v) is 11.9. The van der Waals surface area contributed by atoms with Crippen molar-refractivity contribution < 1.29 is 9.50 Å². The highest BCUT2D eigenvalue weighted by Gasteiger charge is 2.19. The Balaban J connectivity index is 2.53. The average Bonchev–Trinajstić information content (AvgIpc) is 2.36. The smallest absolute Gasteiger partial charge is 0.132 e. The van der Waals surface area contributed by atoms with Gasteiger partial charge in [-0.15, -0.1) is 0 Å². The van der Waals surface area contributed by atoms with Crippen LogP contribution in [0.4, 0.5) is 4.39 Å². The first-order valence-corrected chi connectivity index (χ1v) is 6.49. The Hall–Kier alpha value is -1.38. The predicted octanol–water partition coefficient (Wildman–Crippen LogP) is 4.49. The van der Waals surface area contributed by atoms with Crippen molar-refractivity contribution in [3.8, 4) is 0 Å². The first-order chi connectivity index (χ1) is 8.91. The van der Waals surface area contributed by atoms with Crippen LogP contribution in [0.1, 0.15) is 33.9 Å². The molecule has 2 rings (SSSR count). The van der Waals surface area contributed by atoms with Gasteiger partial charge in [0.25, 0.3) is 0 Å². The number of benzene rings is 2. The molecule has 0 saturated heterocycles. The lowest BCUT2D eigenvalue weighted by Crippen LogP contribution is -2.05. The standard InChI is InChI=1S/C16H16ClFO/c1-9-5-4-6-12(15(9)18)16(19)13-7-10(2)11(3)8-14(13)17/h4-8,16,19H,1-3H3. The molecule has 1 unspecified atom stereocenters. The Morgan fingerprint density at radius 2 is 1.63 bits per heavy atom. The van der Waals surface area contributed by atoms with Crippen molar-refractivity contribution in [1.82, 2.24) is 0 Å². The largest absolute Gasteiger partial charge is 0.383 e. The second-order valence-electron chi connectivity index (χ2n) is 4.84. The van der Waals surface area contributed by atoms with E-state index in [0.717, 1.165) is 11.1 Å². The van der Waals surface area contributed by atoms with Crippen LogP contribution in [0.3, 0.4) is 0 Å². The lowest BCUT2D eigenvalue weighted by Gasteiger charge is -2.16. The fourth-order valence-electron chi connectivity index (χ4n) is 2.06. The lowest BCUT2D eigenvalue weighted by molar-refractivity contribution is 0.214. The van der Waals surface area contributed by atoms with Crippen molar-refractivity contribution in [2.45, 2.75) is 26.9 Å². The maximum Gasteiger partial charge on any atom is 0.132 e. The molecular weight excluding hydrogens is 263 g/mol. The first-order valence-electron chi connectivity index (χ1n) is 6.11. The van der Waals surface area contributed by atoms with Gasteiger partial charge in [-0.05, 0) is 43.5 Å². The van der Waals surface area contributed by atoms with E-state index < -0.39 is 6.10 Å². The zero-order chi connectivity index (χ0) is 14.2. The van der Waals surface area contributed by atoms with Crippen molar-refractivity contribution >= 4 is 11.6 Å². The third-order valence-corrected chi connectivity index (χ3v) is 3.75. The van der Waals surface area contributed by atoms with E-state index in [1.807, 2.05) is 19.9 Å². The number of aliphatic hydroxyl groups excluding tert-OH is 1. The summed E-state index contributed by atoms with van der Waals surface area (Å²) in [5, 5.41) is 10.8. The van der Waals surface area contributed by atoms with Gasteiger partial charge in [0.2, 0.25) is 0 Å². The molecule has 0 bridgehead atoms. The maximum absolute atomic E-state index is 14.0. The van der Waals surface area contributed by atoms with Gasteiger partial charge in [0.05, 0.1) is 0 Å². The van der Waals surface area contributed by atoms with Crippen molar-refractivity contribution in [2.24, 2.45) is 0 Å². The van der Waals surface area contributed by atoms with Gasteiger partial charge in [0.15, 0.2) is 0 Å². The lowest BCUT2D eigenvalue weighted by atomic mass is 9.96. The van der Waals surface area contributed by atoms with Crippen LogP contribution in [0.15, 0.2) is 30.3 Å². The molecule has 0 aliphatic rings.